The van der Waals surface area contributed by atoms with E-state index >= 15 is 0 Å². The largest absolute Gasteiger partial charge is 0.339 e. The number of aromatic nitrogens is 2. The standard InChI is InChI=1S/C14H25N3O/c1-9(2)12(10(3)4)13-16-11(18-17-13)8-14(15)6-5-7-14/h9-10,12H,5-8,15H2,1-4H3. The number of rotatable bonds is 5. The second-order valence-corrected chi connectivity index (χ2v) is 6.45. The maximum atomic E-state index is 6.21. The van der Waals surface area contributed by atoms with Gasteiger partial charge in [-0.25, -0.2) is 0 Å². The molecule has 1 aliphatic rings. The lowest BCUT2D eigenvalue weighted by Crippen LogP contribution is -2.48. The lowest BCUT2D eigenvalue weighted by molar-refractivity contribution is 0.221. The molecule has 1 heterocycles. The van der Waals surface area contributed by atoms with E-state index in [1.165, 1.54) is 6.42 Å². The Morgan fingerprint density at radius 3 is 2.28 bits per heavy atom. The van der Waals surface area contributed by atoms with Crippen LogP contribution in [0.25, 0.3) is 0 Å². The summed E-state index contributed by atoms with van der Waals surface area (Å²) in [5, 5.41) is 4.16. The van der Waals surface area contributed by atoms with Gasteiger partial charge in [0.2, 0.25) is 5.89 Å². The molecule has 102 valence electrons. The van der Waals surface area contributed by atoms with Gasteiger partial charge in [0.25, 0.3) is 0 Å². The summed E-state index contributed by atoms with van der Waals surface area (Å²) < 4.78 is 5.38. The van der Waals surface area contributed by atoms with Crippen LogP contribution in [0.3, 0.4) is 0 Å². The molecule has 4 nitrogen and oxygen atoms in total. The predicted octanol–water partition coefficient (Wildman–Crippen LogP) is 2.89. The van der Waals surface area contributed by atoms with E-state index < -0.39 is 0 Å². The lowest BCUT2D eigenvalue weighted by Gasteiger charge is -2.36. The van der Waals surface area contributed by atoms with Crippen LogP contribution < -0.4 is 5.73 Å². The maximum absolute atomic E-state index is 6.21. The molecular formula is C14H25N3O. The van der Waals surface area contributed by atoms with Gasteiger partial charge in [0, 0.05) is 17.9 Å². The van der Waals surface area contributed by atoms with Gasteiger partial charge in [0.15, 0.2) is 5.82 Å². The molecule has 1 aliphatic carbocycles. The molecule has 18 heavy (non-hydrogen) atoms. The van der Waals surface area contributed by atoms with Crippen LogP contribution >= 0.6 is 0 Å². The molecule has 1 aromatic heterocycles. The molecule has 1 fully saturated rings. The Bertz CT molecular complexity index is 385. The average molecular weight is 251 g/mol. The molecule has 0 spiro atoms. The molecule has 4 heteroatoms. The Balaban J connectivity index is 2.09. The first-order chi connectivity index (χ1) is 8.41. The molecule has 0 aromatic carbocycles. The van der Waals surface area contributed by atoms with E-state index in [1.807, 2.05) is 0 Å². The van der Waals surface area contributed by atoms with Gasteiger partial charge in [-0.15, -0.1) is 0 Å². The lowest BCUT2D eigenvalue weighted by atomic mass is 9.75. The van der Waals surface area contributed by atoms with Crippen LogP contribution in [0.2, 0.25) is 0 Å². The first kappa shape index (κ1) is 13.5. The molecular weight excluding hydrogens is 226 g/mol. The molecule has 2 N–H and O–H groups in total. The first-order valence-corrected chi connectivity index (χ1v) is 7.03. The minimum Gasteiger partial charge on any atom is -0.339 e. The van der Waals surface area contributed by atoms with Crippen LogP contribution in [0.4, 0.5) is 0 Å². The van der Waals surface area contributed by atoms with Crippen molar-refractivity contribution in [3.63, 3.8) is 0 Å². The number of nitrogens with two attached hydrogens (primary N) is 1. The second kappa shape index (κ2) is 5.00. The third-order valence-corrected chi connectivity index (χ3v) is 4.07. The highest BCUT2D eigenvalue weighted by molar-refractivity contribution is 5.04. The SMILES string of the molecule is CC(C)C(c1noc(CC2(N)CCC2)n1)C(C)C. The number of nitrogens with zero attached hydrogens (tertiary/aromatic N) is 2. The zero-order chi connectivity index (χ0) is 13.3. The molecule has 0 amide bonds. The minimum atomic E-state index is -0.0883. The van der Waals surface area contributed by atoms with Crippen molar-refractivity contribution in [2.24, 2.45) is 17.6 Å². The highest BCUT2D eigenvalue weighted by atomic mass is 16.5. The molecule has 0 bridgehead atoms. The van der Waals surface area contributed by atoms with Crippen molar-refractivity contribution in [2.45, 2.75) is 64.8 Å². The van der Waals surface area contributed by atoms with E-state index in [0.717, 1.165) is 25.1 Å². The number of hydrogen-bond donors (Lipinski definition) is 1. The fourth-order valence-electron chi connectivity index (χ4n) is 2.95. The van der Waals surface area contributed by atoms with Gasteiger partial charge >= 0.3 is 0 Å². The fourth-order valence-corrected chi connectivity index (χ4v) is 2.95. The minimum absolute atomic E-state index is 0.0883. The van der Waals surface area contributed by atoms with Crippen molar-refractivity contribution in [3.8, 4) is 0 Å². The first-order valence-electron chi connectivity index (χ1n) is 7.03. The molecule has 0 atom stereocenters. The highest BCUT2D eigenvalue weighted by Gasteiger charge is 2.35. The van der Waals surface area contributed by atoms with Gasteiger partial charge < -0.3 is 10.3 Å². The summed E-state index contributed by atoms with van der Waals surface area (Å²) in [6.45, 7) is 8.82. The Hall–Kier alpha value is -0.900. The predicted molar refractivity (Wildman–Crippen MR) is 71.2 cm³/mol. The Morgan fingerprint density at radius 2 is 1.83 bits per heavy atom. The normalized spacial score (nSPS) is 18.7. The van der Waals surface area contributed by atoms with Crippen LogP contribution in [-0.2, 0) is 6.42 Å². The van der Waals surface area contributed by atoms with Gasteiger partial charge in [0.05, 0.1) is 0 Å². The second-order valence-electron chi connectivity index (χ2n) is 6.45. The topological polar surface area (TPSA) is 64.9 Å². The smallest absolute Gasteiger partial charge is 0.228 e. The van der Waals surface area contributed by atoms with Crippen molar-refractivity contribution in [1.82, 2.24) is 10.1 Å². The van der Waals surface area contributed by atoms with E-state index in [0.29, 0.717) is 23.6 Å². The van der Waals surface area contributed by atoms with Gasteiger partial charge in [-0.1, -0.05) is 32.9 Å². The van der Waals surface area contributed by atoms with E-state index in [4.69, 9.17) is 10.3 Å². The van der Waals surface area contributed by atoms with Crippen LogP contribution in [0.5, 0.6) is 0 Å². The highest BCUT2D eigenvalue weighted by Crippen LogP contribution is 2.33. The van der Waals surface area contributed by atoms with Gasteiger partial charge in [0.1, 0.15) is 0 Å². The third-order valence-electron chi connectivity index (χ3n) is 4.07. The average Bonchev–Trinajstić information content (AvgIpc) is 2.62. The Labute approximate surface area is 109 Å². The fraction of sp³-hybridized carbons (Fsp3) is 0.857. The number of hydrogen-bond acceptors (Lipinski definition) is 4. The molecule has 0 aliphatic heterocycles. The summed E-state index contributed by atoms with van der Waals surface area (Å²) >= 11 is 0. The van der Waals surface area contributed by atoms with E-state index in [-0.39, 0.29) is 5.54 Å². The van der Waals surface area contributed by atoms with Gasteiger partial charge in [-0.3, -0.25) is 0 Å². The zero-order valence-corrected chi connectivity index (χ0v) is 11.9. The monoisotopic (exact) mass is 251 g/mol. The molecule has 0 unspecified atom stereocenters. The maximum Gasteiger partial charge on any atom is 0.228 e. The molecule has 0 radical (unpaired) electrons. The van der Waals surface area contributed by atoms with Crippen molar-refractivity contribution in [2.75, 3.05) is 0 Å². The third kappa shape index (κ3) is 2.74. The van der Waals surface area contributed by atoms with Crippen molar-refractivity contribution in [1.29, 1.82) is 0 Å². The summed E-state index contributed by atoms with van der Waals surface area (Å²) in [5.74, 6) is 2.95. The van der Waals surface area contributed by atoms with Crippen LogP contribution in [0, 0.1) is 11.8 Å². The quantitative estimate of drug-likeness (QED) is 0.874. The summed E-state index contributed by atoms with van der Waals surface area (Å²) in [6, 6.07) is 0. The molecule has 1 saturated carbocycles. The molecule has 2 rings (SSSR count). The summed E-state index contributed by atoms with van der Waals surface area (Å²) in [4.78, 5) is 4.56. The van der Waals surface area contributed by atoms with Crippen molar-refractivity contribution < 1.29 is 4.52 Å². The van der Waals surface area contributed by atoms with Crippen LogP contribution in [0.1, 0.15) is 64.6 Å². The van der Waals surface area contributed by atoms with Gasteiger partial charge in [-0.2, -0.15) is 4.98 Å². The molecule has 0 saturated heterocycles. The van der Waals surface area contributed by atoms with E-state index in [2.05, 4.69) is 37.8 Å². The van der Waals surface area contributed by atoms with E-state index in [9.17, 15) is 0 Å². The Kier molecular flexibility index (Phi) is 3.76. The van der Waals surface area contributed by atoms with Crippen molar-refractivity contribution in [3.05, 3.63) is 11.7 Å². The van der Waals surface area contributed by atoms with Crippen LogP contribution in [0.15, 0.2) is 4.52 Å². The van der Waals surface area contributed by atoms with Crippen molar-refractivity contribution >= 4 is 0 Å². The molecule has 1 aromatic rings. The summed E-state index contributed by atoms with van der Waals surface area (Å²) in [6.07, 6.45) is 4.09. The van der Waals surface area contributed by atoms with E-state index in [1.54, 1.807) is 0 Å². The summed E-state index contributed by atoms with van der Waals surface area (Å²) in [7, 11) is 0. The summed E-state index contributed by atoms with van der Waals surface area (Å²) in [5.41, 5.74) is 6.12. The van der Waals surface area contributed by atoms with Gasteiger partial charge in [-0.05, 0) is 31.1 Å². The zero-order valence-electron chi connectivity index (χ0n) is 11.9. The Morgan fingerprint density at radius 1 is 1.22 bits per heavy atom. The van der Waals surface area contributed by atoms with Crippen LogP contribution in [-0.4, -0.2) is 15.7 Å².